The molecule has 0 bridgehead atoms. The summed E-state index contributed by atoms with van der Waals surface area (Å²) in [6, 6.07) is 0. The molecule has 42 valence electrons. The molecule has 0 saturated carbocycles. The highest BCUT2D eigenvalue weighted by Crippen LogP contribution is 2.17. The average Bonchev–Trinajstić information content (AvgIpc) is 1.65. The Morgan fingerprint density at radius 1 is 2.00 bits per heavy atom. The van der Waals surface area contributed by atoms with E-state index in [1.165, 1.54) is 12.4 Å². The zero-order chi connectivity index (χ0) is 5.86. The van der Waals surface area contributed by atoms with Crippen molar-refractivity contribution >= 4 is 8.03 Å². The third-order valence-electron chi connectivity index (χ3n) is 0.502. The minimum atomic E-state index is -2.34. The van der Waals surface area contributed by atoms with Gasteiger partial charge in [-0.1, -0.05) is 0 Å². The summed E-state index contributed by atoms with van der Waals surface area (Å²) in [5.74, 6) is -0.838. The van der Waals surface area contributed by atoms with Crippen molar-refractivity contribution in [2.24, 2.45) is 0 Å². The lowest BCUT2D eigenvalue weighted by Gasteiger charge is -2.02. The Morgan fingerprint density at radius 2 is 2.43 bits per heavy atom. The smallest absolute Gasteiger partial charge is 0.523 e. The first-order valence-corrected chi connectivity index (χ1v) is 2.99. The molecule has 0 fully saturated rings. The topological polar surface area (TPSA) is 72.4 Å². The van der Waals surface area contributed by atoms with Crippen LogP contribution in [0.25, 0.3) is 0 Å². The summed E-state index contributed by atoms with van der Waals surface area (Å²) in [5, 5.41) is 9.48. The monoisotopic (exact) mass is 123 g/mol. The molecule has 0 saturated heterocycles. The van der Waals surface area contributed by atoms with E-state index in [2.05, 4.69) is 0 Å². The predicted octanol–water partition coefficient (Wildman–Crippen LogP) is 0.154. The van der Waals surface area contributed by atoms with E-state index in [4.69, 9.17) is 4.89 Å². The molecule has 2 N–H and O–H groups in total. The lowest BCUT2D eigenvalue weighted by Crippen LogP contribution is -2.13. The Balaban J connectivity index is 3.34. The number of rotatable bonds is 2. The summed E-state index contributed by atoms with van der Waals surface area (Å²) in [7, 11) is -2.34. The molecule has 0 radical (unpaired) electrons. The minimum Gasteiger partial charge on any atom is -0.785 e. The van der Waals surface area contributed by atoms with Gasteiger partial charge < -0.3 is 10.7 Å². The van der Waals surface area contributed by atoms with Gasteiger partial charge in [0.25, 0.3) is 0 Å². The molecule has 0 amide bonds. The van der Waals surface area contributed by atoms with Crippen LogP contribution < -0.4 is 5.48 Å². The van der Waals surface area contributed by atoms with Gasteiger partial charge in [0.1, 0.15) is 0 Å². The normalized spacial score (nSPS) is 16.1. The maximum absolute atomic E-state index is 9.82. The van der Waals surface area contributed by atoms with Crippen LogP contribution in [0.15, 0.2) is 0 Å². The highest BCUT2D eigenvalue weighted by atomic mass is 31.1. The maximum atomic E-state index is 9.82. The van der Waals surface area contributed by atoms with Gasteiger partial charge in [0.2, 0.25) is 5.78 Å². The molecule has 0 aromatic rings. The Kier molecular flexibility index (Phi) is 3.04. The standard InChI is InChI=1S/C2H6NO3P/c1-2(3-4)7(5)6/h2-3H,1H3,(H,5,6). The van der Waals surface area contributed by atoms with Crippen molar-refractivity contribution in [2.75, 3.05) is 0 Å². The molecule has 0 spiro atoms. The van der Waals surface area contributed by atoms with Gasteiger partial charge in [0.05, 0.1) is 0 Å². The molecule has 2 atom stereocenters. The molecule has 2 unspecified atom stereocenters. The molecule has 0 rings (SSSR count). The van der Waals surface area contributed by atoms with E-state index in [1.807, 2.05) is 0 Å². The predicted molar refractivity (Wildman–Crippen MR) is 25.8 cm³/mol. The molecule has 0 aliphatic rings. The Labute approximate surface area is 42.0 Å². The van der Waals surface area contributed by atoms with Crippen LogP contribution in [-0.4, -0.2) is 10.7 Å². The summed E-state index contributed by atoms with van der Waals surface area (Å²) < 4.78 is 9.82. The third-order valence-corrected chi connectivity index (χ3v) is 1.27. The second kappa shape index (κ2) is 3.04. The van der Waals surface area contributed by atoms with Crippen LogP contribution in [-0.2, 0) is 4.57 Å². The molecule has 0 aliphatic carbocycles. The number of hydrogen-bond donors (Lipinski definition) is 2. The van der Waals surface area contributed by atoms with Crippen molar-refractivity contribution in [3.05, 3.63) is 5.21 Å². The largest absolute Gasteiger partial charge is 0.785 e. The average molecular weight is 123 g/mol. The first-order valence-electron chi connectivity index (χ1n) is 1.71. The summed E-state index contributed by atoms with van der Waals surface area (Å²) in [6.07, 6.45) is 0. The van der Waals surface area contributed by atoms with Gasteiger partial charge in [-0.2, -0.15) is 4.89 Å². The van der Waals surface area contributed by atoms with E-state index in [-0.39, 0.29) is 0 Å². The molecule has 0 aromatic carbocycles. The fourth-order valence-corrected chi connectivity index (χ4v) is 0.135. The molecular weight excluding hydrogens is 117 g/mol. The molecule has 5 heteroatoms. The quantitative estimate of drug-likeness (QED) is 0.405. The van der Waals surface area contributed by atoms with Crippen molar-refractivity contribution in [1.29, 1.82) is 0 Å². The first-order chi connectivity index (χ1) is 3.18. The van der Waals surface area contributed by atoms with Gasteiger partial charge in [-0.15, -0.1) is 0 Å². The van der Waals surface area contributed by atoms with E-state index in [0.29, 0.717) is 0 Å². The molecule has 4 nitrogen and oxygen atoms in total. The van der Waals surface area contributed by atoms with Crippen molar-refractivity contribution in [3.63, 3.8) is 0 Å². The van der Waals surface area contributed by atoms with Gasteiger partial charge in [-0.3, -0.25) is 0 Å². The molecular formula is C2H6NO3P. The fraction of sp³-hybridized carbons (Fsp3) is 1.00. The summed E-state index contributed by atoms with van der Waals surface area (Å²) in [5.41, 5.74) is 1.38. The van der Waals surface area contributed by atoms with Crippen LogP contribution in [0.4, 0.5) is 0 Å². The second-order valence-corrected chi connectivity index (χ2v) is 2.48. The maximum Gasteiger partial charge on any atom is 0.523 e. The van der Waals surface area contributed by atoms with Crippen molar-refractivity contribution in [1.82, 2.24) is 5.48 Å². The zero-order valence-corrected chi connectivity index (χ0v) is 4.68. The van der Waals surface area contributed by atoms with Crippen LogP contribution in [0.5, 0.6) is 0 Å². The molecule has 7 heavy (non-hydrogen) atoms. The minimum absolute atomic E-state index is 0.838. The van der Waals surface area contributed by atoms with E-state index >= 15 is 0 Å². The highest BCUT2D eigenvalue weighted by Gasteiger charge is 2.17. The number of nitrogens with one attached hydrogen (secondary N) is 1. The number of hydroxylamine groups is 1. The Bertz CT molecular complexity index is 75.3. The summed E-state index contributed by atoms with van der Waals surface area (Å²) >= 11 is 0. The SMILES string of the molecule is CC(N[O-])[P+](=O)O. The Hall–Kier alpha value is -0.0200. The summed E-state index contributed by atoms with van der Waals surface area (Å²) in [4.78, 5) is 8.07. The van der Waals surface area contributed by atoms with E-state index in [0.717, 1.165) is 0 Å². The summed E-state index contributed by atoms with van der Waals surface area (Å²) in [6.45, 7) is 1.34. The molecule has 0 heterocycles. The van der Waals surface area contributed by atoms with E-state index < -0.39 is 13.8 Å². The second-order valence-electron chi connectivity index (χ2n) is 1.10. The van der Waals surface area contributed by atoms with E-state index in [1.54, 1.807) is 0 Å². The van der Waals surface area contributed by atoms with Crippen LogP contribution in [0.3, 0.4) is 0 Å². The van der Waals surface area contributed by atoms with Crippen LogP contribution >= 0.6 is 8.03 Å². The van der Waals surface area contributed by atoms with Gasteiger partial charge >= 0.3 is 8.03 Å². The number of hydrogen-bond acceptors (Lipinski definition) is 3. The third kappa shape index (κ3) is 2.65. The van der Waals surface area contributed by atoms with Crippen molar-refractivity contribution < 1.29 is 9.46 Å². The van der Waals surface area contributed by atoms with Crippen LogP contribution in [0, 0.1) is 5.21 Å². The van der Waals surface area contributed by atoms with Crippen molar-refractivity contribution in [2.45, 2.75) is 12.7 Å². The highest BCUT2D eigenvalue weighted by molar-refractivity contribution is 7.38. The fourth-order valence-electron chi connectivity index (χ4n) is 0.0451. The lowest BCUT2D eigenvalue weighted by atomic mass is 10.8. The zero-order valence-electron chi connectivity index (χ0n) is 3.79. The molecule has 0 aromatic heterocycles. The lowest BCUT2D eigenvalue weighted by molar-refractivity contribution is 0.486. The van der Waals surface area contributed by atoms with Crippen LogP contribution in [0.1, 0.15) is 6.92 Å². The van der Waals surface area contributed by atoms with Gasteiger partial charge in [-0.25, -0.2) is 0 Å². The van der Waals surface area contributed by atoms with E-state index in [9.17, 15) is 9.77 Å². The van der Waals surface area contributed by atoms with Gasteiger partial charge in [0, 0.05) is 0 Å². The molecule has 0 aliphatic heterocycles. The Morgan fingerprint density at radius 3 is 2.43 bits per heavy atom. The first kappa shape index (κ1) is 6.98. The van der Waals surface area contributed by atoms with Gasteiger partial charge in [0.15, 0.2) is 0 Å². The van der Waals surface area contributed by atoms with Crippen LogP contribution in [0.2, 0.25) is 0 Å². The van der Waals surface area contributed by atoms with Gasteiger partial charge in [-0.05, 0) is 11.5 Å². The van der Waals surface area contributed by atoms with Crippen molar-refractivity contribution in [3.8, 4) is 0 Å².